The van der Waals surface area contributed by atoms with E-state index >= 15 is 0 Å². The highest BCUT2D eigenvalue weighted by Gasteiger charge is 2.25. The van der Waals surface area contributed by atoms with Crippen LogP contribution in [0.2, 0.25) is 0 Å². The molecule has 34 heavy (non-hydrogen) atoms. The molecule has 0 bridgehead atoms. The van der Waals surface area contributed by atoms with Gasteiger partial charge in [-0.05, 0) is 76.0 Å². The van der Waals surface area contributed by atoms with Crippen LogP contribution in [-0.2, 0) is 20.8 Å². The molecule has 2 heterocycles. The molecule has 2 aliphatic rings. The molecular formula is C28H38N2O4. The lowest BCUT2D eigenvalue weighted by Gasteiger charge is -2.34. The Morgan fingerprint density at radius 3 is 2.76 bits per heavy atom. The van der Waals surface area contributed by atoms with Crippen LogP contribution in [0.4, 0.5) is 0 Å². The van der Waals surface area contributed by atoms with Crippen molar-refractivity contribution in [3.05, 3.63) is 58.7 Å². The summed E-state index contributed by atoms with van der Waals surface area (Å²) in [6, 6.07) is 4.29. The quantitative estimate of drug-likeness (QED) is 0.336. The maximum absolute atomic E-state index is 12.9. The van der Waals surface area contributed by atoms with Gasteiger partial charge in [-0.1, -0.05) is 48.0 Å². The highest BCUT2D eigenvalue weighted by molar-refractivity contribution is 6.00. The monoisotopic (exact) mass is 466 g/mol. The highest BCUT2D eigenvalue weighted by atomic mass is 16.6. The lowest BCUT2D eigenvalue weighted by molar-refractivity contribution is -0.139. The summed E-state index contributed by atoms with van der Waals surface area (Å²) in [7, 11) is 0. The number of piperidine rings is 1. The molecular weight excluding hydrogens is 428 g/mol. The zero-order valence-corrected chi connectivity index (χ0v) is 20.8. The number of ether oxygens (including phenoxy) is 1. The zero-order valence-electron chi connectivity index (χ0n) is 20.8. The lowest BCUT2D eigenvalue weighted by atomic mass is 9.95. The number of cyclic esters (lactones) is 1. The molecule has 2 aliphatic heterocycles. The Kier molecular flexibility index (Phi) is 9.92. The van der Waals surface area contributed by atoms with Crippen molar-refractivity contribution < 1.29 is 19.2 Å². The van der Waals surface area contributed by atoms with Crippen LogP contribution < -0.4 is 0 Å². The van der Waals surface area contributed by atoms with Gasteiger partial charge < -0.3 is 14.5 Å². The number of oxime groups is 1. The molecule has 0 spiro atoms. The van der Waals surface area contributed by atoms with Gasteiger partial charge in [-0.3, -0.25) is 4.79 Å². The van der Waals surface area contributed by atoms with Crippen molar-refractivity contribution in [2.45, 2.75) is 78.2 Å². The standard InChI is InChI=1S/C28H38N2O4/c1-4-25-14-10-11-15-30(25)26(31)20-34-29-24-13-9-7-5-6-8-12-16-33-28(32)27-22(3)17-21(2)18-23(27)19-24/h6,8-9,13,17-18,25H,4-5,7,10-12,14-16,19-20H2,1-3H3/b8-6+,13-9?,29-24+. The third-order valence-corrected chi connectivity index (χ3v) is 6.42. The number of fused-ring (bicyclic) bond motifs is 1. The molecule has 1 aromatic rings. The van der Waals surface area contributed by atoms with Gasteiger partial charge in [0.1, 0.15) is 0 Å². The number of carbonyl (C=O) groups is 2. The Morgan fingerprint density at radius 1 is 1.15 bits per heavy atom. The van der Waals surface area contributed by atoms with E-state index in [2.05, 4.69) is 24.2 Å². The molecule has 1 amide bonds. The Balaban J connectivity index is 1.80. The minimum absolute atomic E-state index is 0.0124. The average molecular weight is 467 g/mol. The second-order valence-corrected chi connectivity index (χ2v) is 9.17. The van der Waals surface area contributed by atoms with E-state index < -0.39 is 0 Å². The van der Waals surface area contributed by atoms with E-state index in [1.807, 2.05) is 43.0 Å². The van der Waals surface area contributed by atoms with E-state index in [4.69, 9.17) is 9.57 Å². The lowest BCUT2D eigenvalue weighted by Crippen LogP contribution is -2.44. The smallest absolute Gasteiger partial charge is 0.338 e. The maximum atomic E-state index is 12.9. The number of likely N-dealkylation sites (tertiary alicyclic amines) is 1. The zero-order chi connectivity index (χ0) is 24.3. The van der Waals surface area contributed by atoms with E-state index in [0.717, 1.165) is 55.3 Å². The van der Waals surface area contributed by atoms with Gasteiger partial charge in [0.15, 0.2) is 6.61 Å². The van der Waals surface area contributed by atoms with Crippen LogP contribution >= 0.6 is 0 Å². The summed E-state index contributed by atoms with van der Waals surface area (Å²) in [5.41, 5.74) is 4.08. The number of carbonyl (C=O) groups excluding carboxylic acids is 2. The molecule has 1 unspecified atom stereocenters. The van der Waals surface area contributed by atoms with Crippen LogP contribution in [0.3, 0.4) is 0 Å². The van der Waals surface area contributed by atoms with Gasteiger partial charge in [-0.25, -0.2) is 4.79 Å². The number of nitrogens with zero attached hydrogens (tertiary/aromatic N) is 2. The highest BCUT2D eigenvalue weighted by Crippen LogP contribution is 2.21. The Morgan fingerprint density at radius 2 is 1.94 bits per heavy atom. The fraction of sp³-hybridized carbons (Fsp3) is 0.536. The number of hydrogen-bond donors (Lipinski definition) is 0. The minimum atomic E-state index is -0.312. The molecule has 184 valence electrons. The SMILES string of the molecule is CCC1CCCCN1C(=O)CO/N=C1\C=CCC/C=C/CCOC(=O)c2c(C)cc(C)cc2C1. The molecule has 1 fully saturated rings. The first kappa shape index (κ1) is 25.7. The number of esters is 1. The van der Waals surface area contributed by atoms with Gasteiger partial charge in [0.2, 0.25) is 0 Å². The number of aryl methyl sites for hydroxylation is 2. The second kappa shape index (κ2) is 13.1. The predicted octanol–water partition coefficient (Wildman–Crippen LogP) is 5.46. The molecule has 1 saturated heterocycles. The van der Waals surface area contributed by atoms with E-state index in [0.29, 0.717) is 36.8 Å². The van der Waals surface area contributed by atoms with E-state index in [-0.39, 0.29) is 18.5 Å². The number of rotatable bonds is 4. The van der Waals surface area contributed by atoms with Gasteiger partial charge >= 0.3 is 5.97 Å². The normalized spacial score (nSPS) is 22.0. The average Bonchev–Trinajstić information content (AvgIpc) is 2.81. The molecule has 0 aliphatic carbocycles. The van der Waals surface area contributed by atoms with E-state index in [1.165, 1.54) is 6.42 Å². The van der Waals surface area contributed by atoms with Crippen LogP contribution in [-0.4, -0.2) is 48.3 Å². The first-order chi connectivity index (χ1) is 16.5. The van der Waals surface area contributed by atoms with Crippen LogP contribution in [0.5, 0.6) is 0 Å². The molecule has 0 aromatic heterocycles. The van der Waals surface area contributed by atoms with Gasteiger partial charge in [0, 0.05) is 19.0 Å². The number of amides is 1. The summed E-state index contributed by atoms with van der Waals surface area (Å²) < 4.78 is 5.54. The summed E-state index contributed by atoms with van der Waals surface area (Å²) in [5, 5.41) is 4.33. The van der Waals surface area contributed by atoms with Crippen molar-refractivity contribution in [3.63, 3.8) is 0 Å². The van der Waals surface area contributed by atoms with E-state index in [9.17, 15) is 9.59 Å². The van der Waals surface area contributed by atoms with Crippen molar-refractivity contribution in [1.29, 1.82) is 0 Å². The van der Waals surface area contributed by atoms with Crippen LogP contribution in [0.15, 0.2) is 41.6 Å². The van der Waals surface area contributed by atoms with Gasteiger partial charge in [0.05, 0.1) is 17.9 Å². The van der Waals surface area contributed by atoms with E-state index in [1.54, 1.807) is 0 Å². The van der Waals surface area contributed by atoms with Crippen molar-refractivity contribution in [2.75, 3.05) is 19.8 Å². The molecule has 1 aromatic carbocycles. The fourth-order valence-electron chi connectivity index (χ4n) is 4.75. The second-order valence-electron chi connectivity index (χ2n) is 9.17. The Labute approximate surface area is 203 Å². The summed E-state index contributed by atoms with van der Waals surface area (Å²) in [6.45, 7) is 7.15. The predicted molar refractivity (Wildman–Crippen MR) is 135 cm³/mol. The third-order valence-electron chi connectivity index (χ3n) is 6.42. The Hall–Kier alpha value is -2.89. The van der Waals surface area contributed by atoms with Crippen molar-refractivity contribution >= 4 is 17.6 Å². The molecule has 0 radical (unpaired) electrons. The maximum Gasteiger partial charge on any atom is 0.338 e. The van der Waals surface area contributed by atoms with Crippen molar-refractivity contribution in [3.8, 4) is 0 Å². The summed E-state index contributed by atoms with van der Waals surface area (Å²) in [6.07, 6.45) is 15.3. The summed E-state index contributed by atoms with van der Waals surface area (Å²) in [5.74, 6) is -0.324. The number of hydrogen-bond acceptors (Lipinski definition) is 5. The summed E-state index contributed by atoms with van der Waals surface area (Å²) in [4.78, 5) is 33.1. The van der Waals surface area contributed by atoms with Crippen LogP contribution in [0, 0.1) is 13.8 Å². The third kappa shape index (κ3) is 7.31. The van der Waals surface area contributed by atoms with Gasteiger partial charge in [-0.2, -0.15) is 0 Å². The topological polar surface area (TPSA) is 68.2 Å². The Bertz CT molecular complexity index is 948. The number of benzene rings is 1. The first-order valence-corrected chi connectivity index (χ1v) is 12.6. The molecule has 1 atom stereocenters. The largest absolute Gasteiger partial charge is 0.462 e. The molecule has 0 saturated carbocycles. The molecule has 6 nitrogen and oxygen atoms in total. The molecule has 3 rings (SSSR count). The molecule has 6 heteroatoms. The molecule has 0 N–H and O–H groups in total. The van der Waals surface area contributed by atoms with Gasteiger partial charge in [0.25, 0.3) is 5.91 Å². The van der Waals surface area contributed by atoms with Crippen molar-refractivity contribution in [1.82, 2.24) is 4.90 Å². The van der Waals surface area contributed by atoms with Gasteiger partial charge in [-0.15, -0.1) is 0 Å². The fourth-order valence-corrected chi connectivity index (χ4v) is 4.75. The van der Waals surface area contributed by atoms with Crippen molar-refractivity contribution in [2.24, 2.45) is 5.16 Å². The van der Waals surface area contributed by atoms with Crippen LogP contribution in [0.1, 0.15) is 78.9 Å². The minimum Gasteiger partial charge on any atom is -0.462 e. The van der Waals surface area contributed by atoms with Crippen LogP contribution in [0.25, 0.3) is 0 Å². The summed E-state index contributed by atoms with van der Waals surface area (Å²) >= 11 is 0. The first-order valence-electron chi connectivity index (χ1n) is 12.6. The number of allylic oxidation sites excluding steroid dienone is 3.